The maximum atomic E-state index is 12.0. The molecule has 1 aromatic carbocycles. The molecule has 1 aliphatic heterocycles. The predicted octanol–water partition coefficient (Wildman–Crippen LogP) is 1.11. The van der Waals surface area contributed by atoms with Crippen LogP contribution in [0.1, 0.15) is 12.5 Å². The van der Waals surface area contributed by atoms with Gasteiger partial charge in [-0.3, -0.25) is 9.59 Å². The second kappa shape index (κ2) is 5.48. The van der Waals surface area contributed by atoms with Gasteiger partial charge in [-0.15, -0.1) is 0 Å². The summed E-state index contributed by atoms with van der Waals surface area (Å²) in [4.78, 5) is 26.8. The minimum Gasteiger partial charge on any atom is -0.399 e. The first-order valence-corrected chi connectivity index (χ1v) is 6.48. The summed E-state index contributed by atoms with van der Waals surface area (Å²) in [5.74, 6) is -0.0944. The molecule has 2 rings (SSSR count). The number of amides is 2. The Bertz CT molecular complexity index is 519. The number of carbonyl (C=O) groups excluding carboxylic acids is 2. The van der Waals surface area contributed by atoms with Crippen LogP contribution in [-0.2, 0) is 16.1 Å². The number of nitrogens with zero attached hydrogens (tertiary/aromatic N) is 2. The molecule has 0 unspecified atom stereocenters. The summed E-state index contributed by atoms with van der Waals surface area (Å²) >= 11 is 6.08. The molecule has 102 valence electrons. The Morgan fingerprint density at radius 1 is 1.21 bits per heavy atom. The minimum absolute atomic E-state index is 0.0336. The SMILES string of the molecule is CCN1CC(=O)N(Cc2ccc(N)cc2Cl)CC1=O. The summed E-state index contributed by atoms with van der Waals surface area (Å²) in [5, 5.41) is 0.512. The van der Waals surface area contributed by atoms with E-state index in [0.29, 0.717) is 23.8 Å². The van der Waals surface area contributed by atoms with E-state index in [-0.39, 0.29) is 24.9 Å². The van der Waals surface area contributed by atoms with Crippen molar-refractivity contribution >= 4 is 29.1 Å². The molecule has 1 aromatic rings. The average Bonchev–Trinajstić information content (AvgIpc) is 2.36. The van der Waals surface area contributed by atoms with Crippen LogP contribution in [0.25, 0.3) is 0 Å². The van der Waals surface area contributed by atoms with E-state index in [0.717, 1.165) is 5.56 Å². The minimum atomic E-state index is -0.0608. The number of hydrogen-bond acceptors (Lipinski definition) is 3. The van der Waals surface area contributed by atoms with E-state index in [1.165, 1.54) is 4.90 Å². The molecule has 2 amide bonds. The normalized spacial score (nSPS) is 16.1. The van der Waals surface area contributed by atoms with Gasteiger partial charge in [-0.2, -0.15) is 0 Å². The van der Waals surface area contributed by atoms with Gasteiger partial charge in [0.2, 0.25) is 11.8 Å². The second-order valence-corrected chi connectivity index (χ2v) is 4.92. The van der Waals surface area contributed by atoms with Crippen LogP contribution in [-0.4, -0.2) is 41.2 Å². The lowest BCUT2D eigenvalue weighted by Gasteiger charge is -2.33. The number of nitrogens with two attached hydrogens (primary N) is 1. The average molecular weight is 282 g/mol. The summed E-state index contributed by atoms with van der Waals surface area (Å²) in [6.45, 7) is 3.00. The number of hydrogen-bond donors (Lipinski definition) is 1. The molecular formula is C13H16ClN3O2. The van der Waals surface area contributed by atoms with Crippen molar-refractivity contribution in [3.8, 4) is 0 Å². The molecule has 0 saturated carbocycles. The van der Waals surface area contributed by atoms with Gasteiger partial charge >= 0.3 is 0 Å². The van der Waals surface area contributed by atoms with Gasteiger partial charge in [-0.1, -0.05) is 17.7 Å². The highest BCUT2D eigenvalue weighted by atomic mass is 35.5. The molecule has 0 atom stereocenters. The van der Waals surface area contributed by atoms with Crippen LogP contribution < -0.4 is 5.73 Å². The standard InChI is InChI=1S/C13H16ClN3O2/c1-2-16-7-13(19)17(8-12(16)18)6-9-3-4-10(15)5-11(9)14/h3-5H,2,6-8,15H2,1H3. The third-order valence-corrected chi connectivity index (χ3v) is 3.53. The van der Waals surface area contributed by atoms with E-state index >= 15 is 0 Å². The van der Waals surface area contributed by atoms with Crippen molar-refractivity contribution in [2.24, 2.45) is 0 Å². The lowest BCUT2D eigenvalue weighted by Crippen LogP contribution is -2.53. The van der Waals surface area contributed by atoms with Crippen molar-refractivity contribution in [3.05, 3.63) is 28.8 Å². The molecule has 6 heteroatoms. The maximum absolute atomic E-state index is 12.0. The first-order chi connectivity index (χ1) is 9.01. The van der Waals surface area contributed by atoms with Gasteiger partial charge < -0.3 is 15.5 Å². The molecule has 0 aromatic heterocycles. The highest BCUT2D eigenvalue weighted by Crippen LogP contribution is 2.21. The fraction of sp³-hybridized carbons (Fsp3) is 0.385. The summed E-state index contributed by atoms with van der Waals surface area (Å²) in [6, 6.07) is 5.16. The number of likely N-dealkylation sites (N-methyl/N-ethyl adjacent to an activating group) is 1. The Kier molecular flexibility index (Phi) is 3.95. The molecule has 1 heterocycles. The van der Waals surface area contributed by atoms with E-state index < -0.39 is 0 Å². The largest absolute Gasteiger partial charge is 0.399 e. The van der Waals surface area contributed by atoms with Crippen molar-refractivity contribution in [2.45, 2.75) is 13.5 Å². The first-order valence-electron chi connectivity index (χ1n) is 6.10. The monoisotopic (exact) mass is 281 g/mol. The Balaban J connectivity index is 2.11. The van der Waals surface area contributed by atoms with Crippen molar-refractivity contribution in [3.63, 3.8) is 0 Å². The fourth-order valence-electron chi connectivity index (χ4n) is 2.03. The highest BCUT2D eigenvalue weighted by molar-refractivity contribution is 6.31. The maximum Gasteiger partial charge on any atom is 0.242 e. The van der Waals surface area contributed by atoms with Gasteiger partial charge in [-0.25, -0.2) is 0 Å². The van der Waals surface area contributed by atoms with Crippen molar-refractivity contribution in [2.75, 3.05) is 25.4 Å². The molecular weight excluding hydrogens is 266 g/mol. The highest BCUT2D eigenvalue weighted by Gasteiger charge is 2.28. The third-order valence-electron chi connectivity index (χ3n) is 3.18. The first kappa shape index (κ1) is 13.7. The number of benzene rings is 1. The Labute approximate surface area is 116 Å². The van der Waals surface area contributed by atoms with Crippen LogP contribution in [0.3, 0.4) is 0 Å². The topological polar surface area (TPSA) is 66.6 Å². The van der Waals surface area contributed by atoms with Crippen molar-refractivity contribution in [1.29, 1.82) is 0 Å². The molecule has 0 spiro atoms. The second-order valence-electron chi connectivity index (χ2n) is 4.51. The number of carbonyl (C=O) groups is 2. The molecule has 2 N–H and O–H groups in total. The zero-order valence-corrected chi connectivity index (χ0v) is 11.5. The van der Waals surface area contributed by atoms with Gasteiger partial charge in [0.15, 0.2) is 0 Å². The number of piperazine rings is 1. The molecule has 0 bridgehead atoms. The van der Waals surface area contributed by atoms with Crippen LogP contribution in [0.5, 0.6) is 0 Å². The zero-order chi connectivity index (χ0) is 14.0. The van der Waals surface area contributed by atoms with E-state index in [9.17, 15) is 9.59 Å². The molecule has 1 fully saturated rings. The fourth-order valence-corrected chi connectivity index (χ4v) is 2.28. The number of halogens is 1. The molecule has 1 saturated heterocycles. The van der Waals surface area contributed by atoms with E-state index in [2.05, 4.69) is 0 Å². The Morgan fingerprint density at radius 2 is 1.84 bits per heavy atom. The van der Waals surface area contributed by atoms with Gasteiger partial charge in [-0.05, 0) is 24.6 Å². The Morgan fingerprint density at radius 3 is 2.47 bits per heavy atom. The van der Waals surface area contributed by atoms with Crippen LogP contribution in [0, 0.1) is 0 Å². The third kappa shape index (κ3) is 2.98. The zero-order valence-electron chi connectivity index (χ0n) is 10.7. The van der Waals surface area contributed by atoms with Crippen molar-refractivity contribution < 1.29 is 9.59 Å². The quantitative estimate of drug-likeness (QED) is 0.844. The number of anilines is 1. The van der Waals surface area contributed by atoms with E-state index in [1.807, 2.05) is 6.92 Å². The van der Waals surface area contributed by atoms with E-state index in [4.69, 9.17) is 17.3 Å². The molecule has 5 nitrogen and oxygen atoms in total. The molecule has 1 aliphatic rings. The van der Waals surface area contributed by atoms with Crippen LogP contribution in [0.2, 0.25) is 5.02 Å². The number of nitrogen functional groups attached to an aromatic ring is 1. The van der Waals surface area contributed by atoms with Gasteiger partial charge in [0.25, 0.3) is 0 Å². The lowest BCUT2D eigenvalue weighted by molar-refractivity contribution is -0.150. The smallest absolute Gasteiger partial charge is 0.242 e. The van der Waals surface area contributed by atoms with Crippen LogP contribution >= 0.6 is 11.6 Å². The predicted molar refractivity (Wildman–Crippen MR) is 73.5 cm³/mol. The van der Waals surface area contributed by atoms with Gasteiger partial charge in [0.1, 0.15) is 6.54 Å². The molecule has 19 heavy (non-hydrogen) atoms. The summed E-state index contributed by atoms with van der Waals surface area (Å²) in [6.07, 6.45) is 0. The lowest BCUT2D eigenvalue weighted by atomic mass is 10.1. The molecule has 0 radical (unpaired) electrons. The Hall–Kier alpha value is -1.75. The van der Waals surface area contributed by atoms with Gasteiger partial charge in [0, 0.05) is 23.8 Å². The van der Waals surface area contributed by atoms with Crippen LogP contribution in [0.15, 0.2) is 18.2 Å². The summed E-state index contributed by atoms with van der Waals surface area (Å²) in [5.41, 5.74) is 6.99. The van der Waals surface area contributed by atoms with Gasteiger partial charge in [0.05, 0.1) is 6.54 Å². The summed E-state index contributed by atoms with van der Waals surface area (Å²) in [7, 11) is 0. The van der Waals surface area contributed by atoms with Crippen molar-refractivity contribution in [1.82, 2.24) is 9.80 Å². The summed E-state index contributed by atoms with van der Waals surface area (Å²) < 4.78 is 0. The van der Waals surface area contributed by atoms with E-state index in [1.54, 1.807) is 23.1 Å². The number of rotatable bonds is 3. The van der Waals surface area contributed by atoms with Crippen LogP contribution in [0.4, 0.5) is 5.69 Å². The molecule has 0 aliphatic carbocycles.